The van der Waals surface area contributed by atoms with Crippen molar-refractivity contribution in [3.05, 3.63) is 130 Å². The molecule has 37 heavy (non-hydrogen) atoms. The number of rotatable bonds is 6. The van der Waals surface area contributed by atoms with Gasteiger partial charge in [0.05, 0.1) is 22.0 Å². The van der Waals surface area contributed by atoms with Crippen molar-refractivity contribution < 1.29 is 9.72 Å². The zero-order valence-corrected chi connectivity index (χ0v) is 20.4. The number of amides is 1. The molecule has 0 saturated carbocycles. The van der Waals surface area contributed by atoms with E-state index in [4.69, 9.17) is 5.10 Å². The van der Waals surface area contributed by atoms with E-state index in [2.05, 4.69) is 5.32 Å². The normalized spacial score (nSPS) is 10.8. The number of carbonyl (C=O) groups excluding carboxylic acids is 1. The lowest BCUT2D eigenvalue weighted by atomic mass is 10.1. The molecule has 0 unspecified atom stereocenters. The predicted octanol–water partition coefficient (Wildman–Crippen LogP) is 6.98. The number of nitrogens with zero attached hydrogens (tertiary/aromatic N) is 3. The van der Waals surface area contributed by atoms with Crippen LogP contribution in [0, 0.1) is 24.0 Å². The molecule has 1 amide bonds. The first-order valence-corrected chi connectivity index (χ1v) is 11.8. The molecule has 0 aliphatic rings. The monoisotopic (exact) mass is 488 g/mol. The van der Waals surface area contributed by atoms with Gasteiger partial charge in [-0.3, -0.25) is 14.9 Å². The number of hydrogen-bond acceptors (Lipinski definition) is 4. The summed E-state index contributed by atoms with van der Waals surface area (Å²) in [6.45, 7) is 3.53. The quantitative estimate of drug-likeness (QED) is 0.206. The van der Waals surface area contributed by atoms with Crippen LogP contribution in [0.1, 0.15) is 21.5 Å². The SMILES string of the molecule is Cc1cc(C)c(NC(=O)c2ccc(-n3nc(-c4ccccc4)cc3-c3ccccc3)cc2)c([N+](=O)[O-])c1. The van der Waals surface area contributed by atoms with E-state index in [1.807, 2.05) is 83.5 Å². The first kappa shape index (κ1) is 23.7. The van der Waals surface area contributed by atoms with Crippen LogP contribution in [0.25, 0.3) is 28.2 Å². The van der Waals surface area contributed by atoms with Gasteiger partial charge >= 0.3 is 0 Å². The van der Waals surface area contributed by atoms with Crippen molar-refractivity contribution in [2.45, 2.75) is 13.8 Å². The molecule has 0 atom stereocenters. The fraction of sp³-hybridized carbons (Fsp3) is 0.0667. The highest BCUT2D eigenvalue weighted by Gasteiger charge is 2.20. The van der Waals surface area contributed by atoms with E-state index in [-0.39, 0.29) is 11.4 Å². The minimum atomic E-state index is -0.480. The van der Waals surface area contributed by atoms with Gasteiger partial charge in [0, 0.05) is 22.8 Å². The van der Waals surface area contributed by atoms with Gasteiger partial charge in [-0.15, -0.1) is 0 Å². The van der Waals surface area contributed by atoms with E-state index in [1.54, 1.807) is 32.0 Å². The highest BCUT2D eigenvalue weighted by molar-refractivity contribution is 6.06. The molecule has 5 rings (SSSR count). The molecule has 1 aromatic heterocycles. The standard InChI is InChI=1S/C30H24N4O3/c1-20-17-21(2)29(28(18-20)34(36)37)31-30(35)24-13-15-25(16-14-24)33-27(23-11-7-4-8-12-23)19-26(32-33)22-9-5-3-6-10-22/h3-19H,1-2H3,(H,31,35). The van der Waals surface area contributed by atoms with Crippen molar-refractivity contribution in [3.8, 4) is 28.2 Å². The average molecular weight is 489 g/mol. The largest absolute Gasteiger partial charge is 0.316 e. The molecule has 4 aromatic carbocycles. The molecular formula is C30H24N4O3. The van der Waals surface area contributed by atoms with Crippen molar-refractivity contribution >= 4 is 17.3 Å². The number of nitro groups is 1. The zero-order chi connectivity index (χ0) is 25.9. The molecule has 0 radical (unpaired) electrons. The van der Waals surface area contributed by atoms with Crippen LogP contribution in [-0.4, -0.2) is 20.6 Å². The first-order valence-electron chi connectivity index (χ1n) is 11.8. The summed E-state index contributed by atoms with van der Waals surface area (Å²) in [4.78, 5) is 24.1. The Bertz CT molecular complexity index is 1590. The van der Waals surface area contributed by atoms with Gasteiger partial charge in [0.25, 0.3) is 11.6 Å². The Labute approximate surface area is 214 Å². The fourth-order valence-electron chi connectivity index (χ4n) is 4.33. The number of carbonyl (C=O) groups is 1. The summed E-state index contributed by atoms with van der Waals surface area (Å²) < 4.78 is 1.86. The first-order chi connectivity index (χ1) is 17.9. The van der Waals surface area contributed by atoms with Crippen LogP contribution in [-0.2, 0) is 0 Å². The average Bonchev–Trinajstić information content (AvgIpc) is 3.36. The molecule has 7 heteroatoms. The van der Waals surface area contributed by atoms with Crippen molar-refractivity contribution in [3.63, 3.8) is 0 Å². The Kier molecular flexibility index (Phi) is 6.34. The van der Waals surface area contributed by atoms with Crippen LogP contribution in [0.15, 0.2) is 103 Å². The molecule has 0 aliphatic heterocycles. The van der Waals surface area contributed by atoms with Crippen LogP contribution in [0.2, 0.25) is 0 Å². The zero-order valence-electron chi connectivity index (χ0n) is 20.4. The number of nitrogens with one attached hydrogen (secondary N) is 1. The number of aromatic nitrogens is 2. The molecule has 0 aliphatic carbocycles. The van der Waals surface area contributed by atoms with Gasteiger partial charge in [-0.05, 0) is 55.3 Å². The van der Waals surface area contributed by atoms with Gasteiger partial charge in [0.1, 0.15) is 5.69 Å². The smallest absolute Gasteiger partial charge is 0.293 e. The van der Waals surface area contributed by atoms with Crippen molar-refractivity contribution in [2.24, 2.45) is 0 Å². The van der Waals surface area contributed by atoms with Crippen molar-refractivity contribution in [1.29, 1.82) is 0 Å². The highest BCUT2D eigenvalue weighted by Crippen LogP contribution is 2.31. The van der Waals surface area contributed by atoms with Crippen LogP contribution in [0.5, 0.6) is 0 Å². The third-order valence-electron chi connectivity index (χ3n) is 6.12. The second kappa shape index (κ2) is 9.91. The Morgan fingerprint density at radius 3 is 2.08 bits per heavy atom. The Morgan fingerprint density at radius 1 is 0.838 bits per heavy atom. The summed E-state index contributed by atoms with van der Waals surface area (Å²) >= 11 is 0. The molecule has 1 heterocycles. The third kappa shape index (κ3) is 4.88. The molecule has 0 fully saturated rings. The Hall–Kier alpha value is -5.04. The molecule has 0 saturated heterocycles. The van der Waals surface area contributed by atoms with E-state index in [1.165, 1.54) is 6.07 Å². The number of hydrogen-bond donors (Lipinski definition) is 1. The van der Waals surface area contributed by atoms with Gasteiger partial charge < -0.3 is 5.32 Å². The molecule has 1 N–H and O–H groups in total. The number of anilines is 1. The van der Waals surface area contributed by atoms with Crippen molar-refractivity contribution in [2.75, 3.05) is 5.32 Å². The van der Waals surface area contributed by atoms with Crippen LogP contribution >= 0.6 is 0 Å². The number of nitro benzene ring substituents is 1. The minimum Gasteiger partial charge on any atom is -0.316 e. The summed E-state index contributed by atoms with van der Waals surface area (Å²) in [5.74, 6) is -0.421. The number of aryl methyl sites for hydroxylation is 2. The lowest BCUT2D eigenvalue weighted by Crippen LogP contribution is -2.14. The minimum absolute atomic E-state index is 0.125. The van der Waals surface area contributed by atoms with E-state index in [0.29, 0.717) is 11.1 Å². The van der Waals surface area contributed by atoms with Gasteiger partial charge in [-0.25, -0.2) is 4.68 Å². The van der Waals surface area contributed by atoms with E-state index >= 15 is 0 Å². The van der Waals surface area contributed by atoms with E-state index < -0.39 is 10.8 Å². The van der Waals surface area contributed by atoms with Gasteiger partial charge in [0.2, 0.25) is 0 Å². The molecule has 0 bridgehead atoms. The summed E-state index contributed by atoms with van der Waals surface area (Å²) in [6, 6.07) is 32.3. The summed E-state index contributed by atoms with van der Waals surface area (Å²) in [5.41, 5.74) is 6.42. The van der Waals surface area contributed by atoms with Gasteiger partial charge in [-0.2, -0.15) is 5.10 Å². The molecule has 182 valence electrons. The molecule has 5 aromatic rings. The lowest BCUT2D eigenvalue weighted by Gasteiger charge is -2.11. The predicted molar refractivity (Wildman–Crippen MR) is 145 cm³/mol. The van der Waals surface area contributed by atoms with Crippen LogP contribution < -0.4 is 5.32 Å². The van der Waals surface area contributed by atoms with Crippen LogP contribution in [0.3, 0.4) is 0 Å². The summed E-state index contributed by atoms with van der Waals surface area (Å²) in [5, 5.41) is 19.1. The number of benzene rings is 4. The third-order valence-corrected chi connectivity index (χ3v) is 6.12. The molecule has 0 spiro atoms. The van der Waals surface area contributed by atoms with E-state index in [0.717, 1.165) is 33.8 Å². The maximum absolute atomic E-state index is 13.0. The Morgan fingerprint density at radius 2 is 1.46 bits per heavy atom. The van der Waals surface area contributed by atoms with Gasteiger partial charge in [-0.1, -0.05) is 66.7 Å². The fourth-order valence-corrected chi connectivity index (χ4v) is 4.33. The second-order valence-electron chi connectivity index (χ2n) is 8.79. The summed E-state index contributed by atoms with van der Waals surface area (Å²) in [7, 11) is 0. The highest BCUT2D eigenvalue weighted by atomic mass is 16.6. The Balaban J connectivity index is 1.48. The molecular weight excluding hydrogens is 464 g/mol. The van der Waals surface area contributed by atoms with Crippen molar-refractivity contribution in [1.82, 2.24) is 9.78 Å². The summed E-state index contributed by atoms with van der Waals surface area (Å²) in [6.07, 6.45) is 0. The lowest BCUT2D eigenvalue weighted by molar-refractivity contribution is -0.384. The van der Waals surface area contributed by atoms with Crippen LogP contribution in [0.4, 0.5) is 11.4 Å². The maximum Gasteiger partial charge on any atom is 0.293 e. The maximum atomic E-state index is 13.0. The van der Waals surface area contributed by atoms with Gasteiger partial charge in [0.15, 0.2) is 0 Å². The molecule has 7 nitrogen and oxygen atoms in total. The topological polar surface area (TPSA) is 90.1 Å². The second-order valence-corrected chi connectivity index (χ2v) is 8.79. The van der Waals surface area contributed by atoms with E-state index in [9.17, 15) is 14.9 Å².